The van der Waals surface area contributed by atoms with Gasteiger partial charge in [0.1, 0.15) is 6.07 Å². The van der Waals surface area contributed by atoms with Gasteiger partial charge in [0.05, 0.1) is 24.0 Å². The number of nitriles is 1. The van der Waals surface area contributed by atoms with Crippen LogP contribution >= 0.6 is 15.9 Å². The fraction of sp³-hybridized carbons (Fsp3) is 0.0909. The second-order valence-electron chi connectivity index (χ2n) is 3.13. The van der Waals surface area contributed by atoms with E-state index in [0.717, 1.165) is 15.9 Å². The van der Waals surface area contributed by atoms with Gasteiger partial charge in [-0.05, 0) is 18.2 Å². The molecule has 0 saturated carbocycles. The lowest BCUT2D eigenvalue weighted by atomic mass is 10.2. The molecule has 0 saturated heterocycles. The molecule has 16 heavy (non-hydrogen) atoms. The summed E-state index contributed by atoms with van der Waals surface area (Å²) in [5, 5.41) is 15.7. The summed E-state index contributed by atoms with van der Waals surface area (Å²) in [5.74, 6) is 0.726. The quantitative estimate of drug-likeness (QED) is 0.937. The Balaban J connectivity index is 2.15. The van der Waals surface area contributed by atoms with Gasteiger partial charge in [-0.15, -0.1) is 0 Å². The zero-order valence-corrected chi connectivity index (χ0v) is 9.86. The largest absolute Gasteiger partial charge is 0.377 e. The SMILES string of the molecule is N#Cc1ccc(Br)cc1NCc1ccno1. The Morgan fingerprint density at radius 2 is 2.31 bits per heavy atom. The van der Waals surface area contributed by atoms with Crippen LogP contribution < -0.4 is 5.32 Å². The van der Waals surface area contributed by atoms with Crippen LogP contribution in [0.25, 0.3) is 0 Å². The van der Waals surface area contributed by atoms with Crippen molar-refractivity contribution >= 4 is 21.6 Å². The van der Waals surface area contributed by atoms with E-state index >= 15 is 0 Å². The number of aromatic nitrogens is 1. The van der Waals surface area contributed by atoms with Crippen molar-refractivity contribution in [2.75, 3.05) is 5.32 Å². The van der Waals surface area contributed by atoms with Gasteiger partial charge in [-0.2, -0.15) is 5.26 Å². The highest BCUT2D eigenvalue weighted by molar-refractivity contribution is 9.10. The highest BCUT2D eigenvalue weighted by Gasteiger charge is 2.03. The first-order valence-electron chi connectivity index (χ1n) is 4.62. The lowest BCUT2D eigenvalue weighted by Crippen LogP contribution is -2.00. The highest BCUT2D eigenvalue weighted by atomic mass is 79.9. The smallest absolute Gasteiger partial charge is 0.155 e. The number of anilines is 1. The molecule has 0 fully saturated rings. The third kappa shape index (κ3) is 2.41. The van der Waals surface area contributed by atoms with E-state index in [1.54, 1.807) is 18.3 Å². The van der Waals surface area contributed by atoms with Crippen molar-refractivity contribution in [3.8, 4) is 6.07 Å². The average molecular weight is 278 g/mol. The second-order valence-corrected chi connectivity index (χ2v) is 4.05. The third-order valence-corrected chi connectivity index (χ3v) is 2.54. The minimum absolute atomic E-state index is 0.505. The fourth-order valence-electron chi connectivity index (χ4n) is 1.28. The molecule has 0 amide bonds. The van der Waals surface area contributed by atoms with Crippen molar-refractivity contribution in [1.82, 2.24) is 5.16 Å². The van der Waals surface area contributed by atoms with Crippen LogP contribution in [-0.4, -0.2) is 5.16 Å². The Kier molecular flexibility index (Phi) is 3.22. The fourth-order valence-corrected chi connectivity index (χ4v) is 1.64. The van der Waals surface area contributed by atoms with Crippen LogP contribution in [0.1, 0.15) is 11.3 Å². The van der Waals surface area contributed by atoms with Crippen LogP contribution in [0.15, 0.2) is 39.5 Å². The van der Waals surface area contributed by atoms with Gasteiger partial charge in [-0.25, -0.2) is 0 Å². The van der Waals surface area contributed by atoms with Crippen molar-refractivity contribution in [2.45, 2.75) is 6.54 Å². The maximum Gasteiger partial charge on any atom is 0.155 e. The Labute approximate surface area is 101 Å². The van der Waals surface area contributed by atoms with Crippen molar-refractivity contribution in [3.05, 3.63) is 46.3 Å². The number of hydrogen-bond donors (Lipinski definition) is 1. The standard InChI is InChI=1S/C11H8BrN3O/c12-9-2-1-8(6-13)11(5-9)14-7-10-3-4-15-16-10/h1-5,14H,7H2. The van der Waals surface area contributed by atoms with Crippen LogP contribution in [0.2, 0.25) is 0 Å². The summed E-state index contributed by atoms with van der Waals surface area (Å²) in [4.78, 5) is 0. The zero-order chi connectivity index (χ0) is 11.4. The molecule has 2 rings (SSSR count). The van der Waals surface area contributed by atoms with Gasteiger partial charge in [-0.1, -0.05) is 21.1 Å². The van der Waals surface area contributed by atoms with Gasteiger partial charge in [0.15, 0.2) is 5.76 Å². The predicted molar refractivity (Wildman–Crippen MR) is 62.7 cm³/mol. The van der Waals surface area contributed by atoms with Crippen LogP contribution in [0, 0.1) is 11.3 Å². The topological polar surface area (TPSA) is 61.9 Å². The number of rotatable bonds is 3. The zero-order valence-electron chi connectivity index (χ0n) is 8.27. The number of halogens is 1. The van der Waals surface area contributed by atoms with Crippen molar-refractivity contribution in [2.24, 2.45) is 0 Å². The van der Waals surface area contributed by atoms with Crippen LogP contribution in [0.3, 0.4) is 0 Å². The molecule has 5 heteroatoms. The van der Waals surface area contributed by atoms with E-state index < -0.39 is 0 Å². The molecule has 0 aliphatic heterocycles. The third-order valence-electron chi connectivity index (χ3n) is 2.05. The summed E-state index contributed by atoms with van der Waals surface area (Å²) in [6.07, 6.45) is 1.59. The minimum atomic E-state index is 0.505. The molecule has 4 nitrogen and oxygen atoms in total. The minimum Gasteiger partial charge on any atom is -0.377 e. The van der Waals surface area contributed by atoms with E-state index in [1.165, 1.54) is 0 Å². The van der Waals surface area contributed by atoms with E-state index in [9.17, 15) is 0 Å². The molecular formula is C11H8BrN3O. The number of nitrogens with one attached hydrogen (secondary N) is 1. The van der Waals surface area contributed by atoms with Gasteiger partial charge in [-0.3, -0.25) is 0 Å². The highest BCUT2D eigenvalue weighted by Crippen LogP contribution is 2.21. The van der Waals surface area contributed by atoms with Crippen molar-refractivity contribution in [3.63, 3.8) is 0 Å². The Hall–Kier alpha value is -1.80. The van der Waals surface area contributed by atoms with Crippen molar-refractivity contribution in [1.29, 1.82) is 5.26 Å². The predicted octanol–water partition coefficient (Wildman–Crippen LogP) is 2.92. The summed E-state index contributed by atoms with van der Waals surface area (Å²) in [6.45, 7) is 0.505. The maximum absolute atomic E-state index is 8.93. The summed E-state index contributed by atoms with van der Waals surface area (Å²) >= 11 is 3.36. The van der Waals surface area contributed by atoms with Crippen LogP contribution in [0.5, 0.6) is 0 Å². The first-order valence-corrected chi connectivity index (χ1v) is 5.42. The molecule has 0 radical (unpaired) electrons. The van der Waals surface area contributed by atoms with E-state index in [2.05, 4.69) is 32.5 Å². The second kappa shape index (κ2) is 4.81. The molecule has 1 aromatic heterocycles. The van der Waals surface area contributed by atoms with Gasteiger partial charge in [0.25, 0.3) is 0 Å². The molecule has 80 valence electrons. The molecule has 0 unspecified atom stereocenters. The van der Waals surface area contributed by atoms with Gasteiger partial charge < -0.3 is 9.84 Å². The maximum atomic E-state index is 8.93. The molecule has 0 aliphatic carbocycles. The van der Waals surface area contributed by atoms with E-state index in [0.29, 0.717) is 12.1 Å². The molecule has 0 spiro atoms. The Morgan fingerprint density at radius 1 is 1.44 bits per heavy atom. The van der Waals surface area contributed by atoms with Crippen LogP contribution in [-0.2, 0) is 6.54 Å². The van der Waals surface area contributed by atoms with Gasteiger partial charge >= 0.3 is 0 Å². The Bertz CT molecular complexity index is 517. The molecule has 2 aromatic rings. The lowest BCUT2D eigenvalue weighted by Gasteiger charge is -2.06. The summed E-state index contributed by atoms with van der Waals surface area (Å²) in [6, 6.07) is 9.34. The molecule has 1 heterocycles. The van der Waals surface area contributed by atoms with Gasteiger partial charge in [0, 0.05) is 10.5 Å². The molecule has 1 aromatic carbocycles. The monoisotopic (exact) mass is 277 g/mol. The van der Waals surface area contributed by atoms with E-state index in [4.69, 9.17) is 9.78 Å². The first-order chi connectivity index (χ1) is 7.79. The average Bonchev–Trinajstić information content (AvgIpc) is 2.79. The number of hydrogen-bond acceptors (Lipinski definition) is 4. The first kappa shape index (κ1) is 10.7. The molecule has 0 atom stereocenters. The molecular weight excluding hydrogens is 270 g/mol. The Morgan fingerprint density at radius 3 is 3.00 bits per heavy atom. The summed E-state index contributed by atoms with van der Waals surface area (Å²) in [5.41, 5.74) is 1.37. The number of benzene rings is 1. The van der Waals surface area contributed by atoms with E-state index in [-0.39, 0.29) is 0 Å². The summed E-state index contributed by atoms with van der Waals surface area (Å²) in [7, 11) is 0. The summed E-state index contributed by atoms with van der Waals surface area (Å²) < 4.78 is 5.87. The number of nitrogens with zero attached hydrogens (tertiary/aromatic N) is 2. The molecule has 1 N–H and O–H groups in total. The normalized spacial score (nSPS) is 9.75. The lowest BCUT2D eigenvalue weighted by molar-refractivity contribution is 0.388. The van der Waals surface area contributed by atoms with Crippen LogP contribution in [0.4, 0.5) is 5.69 Å². The molecule has 0 bridgehead atoms. The van der Waals surface area contributed by atoms with Crippen molar-refractivity contribution < 1.29 is 4.52 Å². The van der Waals surface area contributed by atoms with Gasteiger partial charge in [0.2, 0.25) is 0 Å². The molecule has 0 aliphatic rings. The van der Waals surface area contributed by atoms with E-state index in [1.807, 2.05) is 12.1 Å².